The molecule has 82 valence electrons. The number of aryl methyl sites for hydroxylation is 1. The van der Waals surface area contributed by atoms with E-state index in [1.807, 2.05) is 24.0 Å². The summed E-state index contributed by atoms with van der Waals surface area (Å²) in [5, 5.41) is 4.34. The molecule has 2 rings (SSSR count). The van der Waals surface area contributed by atoms with E-state index >= 15 is 0 Å². The molecule has 2 N–H and O–H groups in total. The first-order chi connectivity index (χ1) is 7.25. The highest BCUT2D eigenvalue weighted by Crippen LogP contribution is 2.25. The second-order valence-corrected chi connectivity index (χ2v) is 4.33. The van der Waals surface area contributed by atoms with E-state index in [1.54, 1.807) is 0 Å². The number of nitrogens with zero attached hydrogens (tertiary/aromatic N) is 2. The lowest BCUT2D eigenvalue weighted by molar-refractivity contribution is 0.608. The van der Waals surface area contributed by atoms with E-state index in [2.05, 4.69) is 11.2 Å². The molecule has 3 heteroatoms. The van der Waals surface area contributed by atoms with E-state index in [-0.39, 0.29) is 6.04 Å². The zero-order chi connectivity index (χ0) is 10.7. The molecule has 1 aliphatic rings. The van der Waals surface area contributed by atoms with Gasteiger partial charge in [-0.25, -0.2) is 0 Å². The summed E-state index contributed by atoms with van der Waals surface area (Å²) in [5.41, 5.74) is 8.64. The Bertz CT molecular complexity index is 352. The molecule has 1 aliphatic carbocycles. The maximum absolute atomic E-state index is 6.12. The van der Waals surface area contributed by atoms with Gasteiger partial charge in [-0.1, -0.05) is 11.6 Å². The van der Waals surface area contributed by atoms with Gasteiger partial charge in [0, 0.05) is 13.2 Å². The predicted octanol–water partition coefficient (Wildman–Crippen LogP) is 2.31. The second kappa shape index (κ2) is 4.62. The maximum atomic E-state index is 6.12. The van der Waals surface area contributed by atoms with E-state index in [4.69, 9.17) is 5.73 Å². The number of allylic oxidation sites excluding steroid dienone is 1. The molecule has 0 saturated heterocycles. The van der Waals surface area contributed by atoms with Crippen molar-refractivity contribution in [2.45, 2.75) is 38.1 Å². The van der Waals surface area contributed by atoms with Crippen LogP contribution in [-0.2, 0) is 7.05 Å². The van der Waals surface area contributed by atoms with E-state index in [0.717, 1.165) is 12.1 Å². The zero-order valence-corrected chi connectivity index (χ0v) is 9.32. The van der Waals surface area contributed by atoms with Crippen LogP contribution in [0.3, 0.4) is 0 Å². The number of hydrogen-bond donors (Lipinski definition) is 1. The Kier molecular flexibility index (Phi) is 3.21. The van der Waals surface area contributed by atoms with Crippen molar-refractivity contribution in [3.63, 3.8) is 0 Å². The second-order valence-electron chi connectivity index (χ2n) is 4.33. The van der Waals surface area contributed by atoms with Crippen LogP contribution in [0, 0.1) is 0 Å². The average Bonchev–Trinajstić information content (AvgIpc) is 2.66. The summed E-state index contributed by atoms with van der Waals surface area (Å²) in [4.78, 5) is 0. The summed E-state index contributed by atoms with van der Waals surface area (Å²) in [6.07, 6.45) is 10.4. The first-order valence-corrected chi connectivity index (χ1v) is 5.69. The Labute approximate surface area is 91.0 Å². The van der Waals surface area contributed by atoms with Gasteiger partial charge < -0.3 is 5.73 Å². The van der Waals surface area contributed by atoms with Crippen molar-refractivity contribution in [2.24, 2.45) is 12.8 Å². The third-order valence-corrected chi connectivity index (χ3v) is 2.98. The lowest BCUT2D eigenvalue weighted by Gasteiger charge is -2.15. The van der Waals surface area contributed by atoms with Crippen LogP contribution in [0.4, 0.5) is 0 Å². The monoisotopic (exact) mass is 205 g/mol. The van der Waals surface area contributed by atoms with Crippen LogP contribution in [0.2, 0.25) is 0 Å². The highest BCUT2D eigenvalue weighted by atomic mass is 15.3. The SMILES string of the molecule is Cn1ccc(C(N)CC2=CCCCC2)n1. The Morgan fingerprint density at radius 2 is 2.40 bits per heavy atom. The zero-order valence-electron chi connectivity index (χ0n) is 9.32. The predicted molar refractivity (Wildman–Crippen MR) is 61.3 cm³/mol. The molecule has 1 aromatic heterocycles. The Balaban J connectivity index is 1.97. The van der Waals surface area contributed by atoms with E-state index in [1.165, 1.54) is 31.3 Å². The van der Waals surface area contributed by atoms with Crippen molar-refractivity contribution in [2.75, 3.05) is 0 Å². The van der Waals surface area contributed by atoms with Crippen molar-refractivity contribution >= 4 is 0 Å². The number of nitrogens with two attached hydrogens (primary N) is 1. The van der Waals surface area contributed by atoms with Crippen LogP contribution in [0.5, 0.6) is 0 Å². The van der Waals surface area contributed by atoms with E-state index in [9.17, 15) is 0 Å². The van der Waals surface area contributed by atoms with Gasteiger partial charge in [-0.2, -0.15) is 5.10 Å². The molecule has 0 saturated carbocycles. The fraction of sp³-hybridized carbons (Fsp3) is 0.583. The minimum atomic E-state index is 0.0653. The average molecular weight is 205 g/mol. The largest absolute Gasteiger partial charge is 0.322 e. The summed E-state index contributed by atoms with van der Waals surface area (Å²) in [6, 6.07) is 2.07. The highest BCUT2D eigenvalue weighted by Gasteiger charge is 2.12. The lowest BCUT2D eigenvalue weighted by atomic mass is 9.94. The van der Waals surface area contributed by atoms with Gasteiger partial charge in [-0.3, -0.25) is 4.68 Å². The van der Waals surface area contributed by atoms with Gasteiger partial charge in [0.25, 0.3) is 0 Å². The molecule has 0 fully saturated rings. The molecule has 0 spiro atoms. The standard InChI is InChI=1S/C12H19N3/c1-15-8-7-12(14-15)11(13)9-10-5-3-2-4-6-10/h5,7-8,11H,2-4,6,9,13H2,1H3. The van der Waals surface area contributed by atoms with Gasteiger partial charge in [0.05, 0.1) is 11.7 Å². The van der Waals surface area contributed by atoms with Gasteiger partial charge in [0.15, 0.2) is 0 Å². The third-order valence-electron chi connectivity index (χ3n) is 2.98. The van der Waals surface area contributed by atoms with Crippen LogP contribution in [-0.4, -0.2) is 9.78 Å². The molecule has 0 bridgehead atoms. The van der Waals surface area contributed by atoms with Crippen LogP contribution in [0.15, 0.2) is 23.9 Å². The maximum Gasteiger partial charge on any atom is 0.0794 e. The summed E-state index contributed by atoms with van der Waals surface area (Å²) in [5.74, 6) is 0. The smallest absolute Gasteiger partial charge is 0.0794 e. The summed E-state index contributed by atoms with van der Waals surface area (Å²) in [6.45, 7) is 0. The molecular formula is C12H19N3. The molecule has 1 atom stereocenters. The van der Waals surface area contributed by atoms with Crippen LogP contribution in [0.25, 0.3) is 0 Å². The summed E-state index contributed by atoms with van der Waals surface area (Å²) >= 11 is 0. The Hall–Kier alpha value is -1.09. The van der Waals surface area contributed by atoms with Gasteiger partial charge in [0.1, 0.15) is 0 Å². The molecule has 1 heterocycles. The summed E-state index contributed by atoms with van der Waals surface area (Å²) < 4.78 is 1.81. The molecule has 1 aromatic rings. The van der Waals surface area contributed by atoms with Crippen LogP contribution >= 0.6 is 0 Å². The molecular weight excluding hydrogens is 186 g/mol. The molecule has 0 aliphatic heterocycles. The molecule has 1 unspecified atom stereocenters. The molecule has 0 amide bonds. The molecule has 15 heavy (non-hydrogen) atoms. The van der Waals surface area contributed by atoms with Crippen molar-refractivity contribution in [1.82, 2.24) is 9.78 Å². The minimum Gasteiger partial charge on any atom is -0.322 e. The molecule has 3 nitrogen and oxygen atoms in total. The van der Waals surface area contributed by atoms with Crippen molar-refractivity contribution in [1.29, 1.82) is 0 Å². The highest BCUT2D eigenvalue weighted by molar-refractivity contribution is 5.13. The van der Waals surface area contributed by atoms with Crippen LogP contribution in [0.1, 0.15) is 43.8 Å². The van der Waals surface area contributed by atoms with Gasteiger partial charge in [0.2, 0.25) is 0 Å². The molecule has 0 aromatic carbocycles. The Morgan fingerprint density at radius 1 is 1.53 bits per heavy atom. The Morgan fingerprint density at radius 3 is 3.00 bits per heavy atom. The van der Waals surface area contributed by atoms with Crippen molar-refractivity contribution < 1.29 is 0 Å². The number of rotatable bonds is 3. The lowest BCUT2D eigenvalue weighted by Crippen LogP contribution is -2.13. The van der Waals surface area contributed by atoms with Crippen LogP contribution < -0.4 is 5.73 Å². The number of aromatic nitrogens is 2. The van der Waals surface area contributed by atoms with Gasteiger partial charge in [-0.15, -0.1) is 0 Å². The molecule has 0 radical (unpaired) electrons. The summed E-state index contributed by atoms with van der Waals surface area (Å²) in [7, 11) is 1.93. The first-order valence-electron chi connectivity index (χ1n) is 5.69. The van der Waals surface area contributed by atoms with Gasteiger partial charge >= 0.3 is 0 Å². The minimum absolute atomic E-state index is 0.0653. The third kappa shape index (κ3) is 2.69. The topological polar surface area (TPSA) is 43.8 Å². The first kappa shape index (κ1) is 10.4. The fourth-order valence-electron chi connectivity index (χ4n) is 2.11. The fourth-order valence-corrected chi connectivity index (χ4v) is 2.11. The number of hydrogen-bond acceptors (Lipinski definition) is 2. The van der Waals surface area contributed by atoms with E-state index in [0.29, 0.717) is 0 Å². The van der Waals surface area contributed by atoms with Crippen molar-refractivity contribution in [3.8, 4) is 0 Å². The van der Waals surface area contributed by atoms with Crippen molar-refractivity contribution in [3.05, 3.63) is 29.6 Å². The quantitative estimate of drug-likeness (QED) is 0.769. The van der Waals surface area contributed by atoms with E-state index < -0.39 is 0 Å². The normalized spacial score (nSPS) is 18.7. The van der Waals surface area contributed by atoms with Gasteiger partial charge in [-0.05, 0) is 38.2 Å².